The summed E-state index contributed by atoms with van der Waals surface area (Å²) in [6.07, 6.45) is -0.844. The van der Waals surface area contributed by atoms with Crippen LogP contribution in [0.2, 0.25) is 0 Å². The molecule has 2 rings (SSSR count). The highest BCUT2D eigenvalue weighted by molar-refractivity contribution is 7.19. The van der Waals surface area contributed by atoms with E-state index in [9.17, 15) is 18.4 Å². The third kappa shape index (κ3) is 5.16. The second kappa shape index (κ2) is 8.51. The van der Waals surface area contributed by atoms with Crippen molar-refractivity contribution in [1.82, 2.24) is 4.98 Å². The quantitative estimate of drug-likeness (QED) is 0.719. The summed E-state index contributed by atoms with van der Waals surface area (Å²) in [5.74, 6) is -2.70. The molecule has 0 radical (unpaired) electrons. The van der Waals surface area contributed by atoms with Gasteiger partial charge in [-0.05, 0) is 27.7 Å². The van der Waals surface area contributed by atoms with Crippen molar-refractivity contribution in [2.45, 2.75) is 33.3 Å². The largest absolute Gasteiger partial charge is 0.497 e. The van der Waals surface area contributed by atoms with E-state index in [1.807, 2.05) is 0 Å². The number of thiazole rings is 1. The average Bonchev–Trinajstić information content (AvgIpc) is 2.95. The van der Waals surface area contributed by atoms with Gasteiger partial charge < -0.3 is 14.2 Å². The minimum absolute atomic E-state index is 0.00646. The third-order valence-corrected chi connectivity index (χ3v) is 4.16. The number of carbonyl (C=O) groups excluding carboxylic acids is 2. The number of hydrogen-bond donors (Lipinski definition) is 1. The van der Waals surface area contributed by atoms with E-state index in [1.165, 1.54) is 7.11 Å². The van der Waals surface area contributed by atoms with Gasteiger partial charge in [0.25, 0.3) is 0 Å². The highest BCUT2D eigenvalue weighted by atomic mass is 32.1. The first kappa shape index (κ1) is 21.5. The van der Waals surface area contributed by atoms with Crippen molar-refractivity contribution >= 4 is 28.4 Å². The van der Waals surface area contributed by atoms with Crippen LogP contribution in [0.25, 0.3) is 10.6 Å². The highest BCUT2D eigenvalue weighted by Gasteiger charge is 2.26. The zero-order chi connectivity index (χ0) is 21.1. The molecule has 0 saturated heterocycles. The zero-order valence-electron chi connectivity index (χ0n) is 16.0. The molecule has 10 heteroatoms. The number of aromatic nitrogens is 1. The summed E-state index contributed by atoms with van der Waals surface area (Å²) in [6, 6.07) is 1.98. The summed E-state index contributed by atoms with van der Waals surface area (Å²) in [5.41, 5.74) is -1.51. The van der Waals surface area contributed by atoms with Gasteiger partial charge in [0.05, 0.1) is 19.3 Å². The first-order valence-corrected chi connectivity index (χ1v) is 9.08. The fourth-order valence-electron chi connectivity index (χ4n) is 2.12. The Kier molecular flexibility index (Phi) is 6.55. The number of amides is 1. The van der Waals surface area contributed by atoms with Gasteiger partial charge in [0.1, 0.15) is 33.0 Å². The fourth-order valence-corrected chi connectivity index (χ4v) is 3.11. The van der Waals surface area contributed by atoms with Gasteiger partial charge in [-0.2, -0.15) is 0 Å². The van der Waals surface area contributed by atoms with Crippen LogP contribution < -0.4 is 10.1 Å². The lowest BCUT2D eigenvalue weighted by Crippen LogP contribution is -2.27. The van der Waals surface area contributed by atoms with Crippen molar-refractivity contribution in [3.05, 3.63) is 29.5 Å². The maximum Gasteiger partial charge on any atom is 0.412 e. The van der Waals surface area contributed by atoms with Gasteiger partial charge in [-0.15, -0.1) is 0 Å². The number of hydrogen-bond acceptors (Lipinski definition) is 7. The van der Waals surface area contributed by atoms with E-state index < -0.39 is 34.9 Å². The summed E-state index contributed by atoms with van der Waals surface area (Å²) in [6.45, 7) is 6.65. The number of halogens is 2. The monoisotopic (exact) mass is 414 g/mol. The van der Waals surface area contributed by atoms with E-state index >= 15 is 0 Å². The van der Waals surface area contributed by atoms with Crippen LogP contribution in [0.4, 0.5) is 18.6 Å². The Morgan fingerprint density at radius 2 is 1.82 bits per heavy atom. The lowest BCUT2D eigenvalue weighted by molar-refractivity contribution is 0.0521. The minimum atomic E-state index is -0.926. The second-order valence-corrected chi connectivity index (χ2v) is 7.51. The molecule has 0 aliphatic heterocycles. The molecule has 7 nitrogen and oxygen atoms in total. The van der Waals surface area contributed by atoms with Gasteiger partial charge in [0, 0.05) is 12.1 Å². The van der Waals surface area contributed by atoms with Crippen LogP contribution in [-0.4, -0.2) is 36.4 Å². The summed E-state index contributed by atoms with van der Waals surface area (Å²) in [7, 11) is 1.28. The standard InChI is InChI=1S/C18H20F2N2O5S/c1-6-26-16(23)13-15(22-17(24)27-18(2,3)4)28-14(21-13)12-10(19)7-9(25-5)8-11(12)20/h7-8H,6H2,1-5H3,(H,22,24). The summed E-state index contributed by atoms with van der Waals surface area (Å²) in [5, 5.41) is 2.19. The van der Waals surface area contributed by atoms with E-state index in [0.29, 0.717) is 0 Å². The number of anilines is 1. The number of rotatable bonds is 5. The molecule has 0 aliphatic carbocycles. The van der Waals surface area contributed by atoms with Crippen LogP contribution in [-0.2, 0) is 9.47 Å². The zero-order valence-corrected chi connectivity index (χ0v) is 16.8. The third-order valence-electron chi connectivity index (χ3n) is 3.18. The molecule has 1 N–H and O–H groups in total. The Bertz CT molecular complexity index is 870. The summed E-state index contributed by atoms with van der Waals surface area (Å²) < 4.78 is 43.6. The number of methoxy groups -OCH3 is 1. The summed E-state index contributed by atoms with van der Waals surface area (Å²) in [4.78, 5) is 28.2. The maximum absolute atomic E-state index is 14.4. The Hall–Kier alpha value is -2.75. The second-order valence-electron chi connectivity index (χ2n) is 6.51. The molecule has 0 aliphatic rings. The molecule has 28 heavy (non-hydrogen) atoms. The van der Waals surface area contributed by atoms with E-state index in [-0.39, 0.29) is 28.1 Å². The van der Waals surface area contributed by atoms with E-state index in [2.05, 4.69) is 10.3 Å². The highest BCUT2D eigenvalue weighted by Crippen LogP contribution is 2.37. The average molecular weight is 414 g/mol. The van der Waals surface area contributed by atoms with Crippen LogP contribution in [0, 0.1) is 11.6 Å². The molecule has 1 aromatic heterocycles. The predicted molar refractivity (Wildman–Crippen MR) is 99.8 cm³/mol. The van der Waals surface area contributed by atoms with Crippen molar-refractivity contribution in [1.29, 1.82) is 0 Å². The Morgan fingerprint density at radius 1 is 1.21 bits per heavy atom. The molecule has 1 aromatic carbocycles. The molecule has 0 fully saturated rings. The number of ether oxygens (including phenoxy) is 3. The van der Waals surface area contributed by atoms with E-state index in [1.54, 1.807) is 27.7 Å². The van der Waals surface area contributed by atoms with Gasteiger partial charge in [-0.25, -0.2) is 23.4 Å². The number of benzene rings is 1. The number of nitrogens with one attached hydrogen (secondary N) is 1. The predicted octanol–water partition coefficient (Wildman–Crippen LogP) is 4.62. The van der Waals surface area contributed by atoms with E-state index in [0.717, 1.165) is 23.5 Å². The lowest BCUT2D eigenvalue weighted by Gasteiger charge is -2.19. The number of nitrogens with zero attached hydrogens (tertiary/aromatic N) is 1. The topological polar surface area (TPSA) is 86.8 Å². The maximum atomic E-state index is 14.4. The summed E-state index contributed by atoms with van der Waals surface area (Å²) >= 11 is 0.718. The van der Waals surface area contributed by atoms with Gasteiger partial charge in [0.2, 0.25) is 0 Å². The Morgan fingerprint density at radius 3 is 2.32 bits per heavy atom. The molecule has 1 amide bonds. The smallest absolute Gasteiger partial charge is 0.412 e. The van der Waals surface area contributed by atoms with Crippen molar-refractivity contribution in [2.24, 2.45) is 0 Å². The normalized spacial score (nSPS) is 11.1. The Labute approximate surface area is 164 Å². The first-order chi connectivity index (χ1) is 13.1. The molecule has 0 unspecified atom stereocenters. The van der Waals surface area contributed by atoms with Crippen LogP contribution in [0.15, 0.2) is 12.1 Å². The molecular weight excluding hydrogens is 394 g/mol. The minimum Gasteiger partial charge on any atom is -0.497 e. The van der Waals surface area contributed by atoms with Gasteiger partial charge in [-0.3, -0.25) is 5.32 Å². The number of esters is 1. The Balaban J connectivity index is 2.48. The molecular formula is C18H20F2N2O5S. The lowest BCUT2D eigenvalue weighted by atomic mass is 10.2. The van der Waals surface area contributed by atoms with Crippen molar-refractivity contribution in [3.8, 4) is 16.3 Å². The van der Waals surface area contributed by atoms with Crippen LogP contribution >= 0.6 is 11.3 Å². The van der Waals surface area contributed by atoms with Gasteiger partial charge in [-0.1, -0.05) is 11.3 Å². The van der Waals surface area contributed by atoms with Crippen molar-refractivity contribution in [2.75, 3.05) is 19.0 Å². The first-order valence-electron chi connectivity index (χ1n) is 8.27. The van der Waals surface area contributed by atoms with Crippen LogP contribution in [0.5, 0.6) is 5.75 Å². The molecule has 0 spiro atoms. The fraction of sp³-hybridized carbons (Fsp3) is 0.389. The van der Waals surface area contributed by atoms with Crippen LogP contribution in [0.1, 0.15) is 38.2 Å². The van der Waals surface area contributed by atoms with Crippen molar-refractivity contribution < 1.29 is 32.6 Å². The van der Waals surface area contributed by atoms with Gasteiger partial charge in [0.15, 0.2) is 5.69 Å². The SMILES string of the molecule is CCOC(=O)c1nc(-c2c(F)cc(OC)cc2F)sc1NC(=O)OC(C)(C)C. The molecule has 2 aromatic rings. The van der Waals surface area contributed by atoms with Crippen molar-refractivity contribution in [3.63, 3.8) is 0 Å². The molecule has 1 heterocycles. The van der Waals surface area contributed by atoms with E-state index in [4.69, 9.17) is 14.2 Å². The molecule has 0 saturated carbocycles. The molecule has 152 valence electrons. The molecule has 0 bridgehead atoms. The molecule has 0 atom stereocenters. The van der Waals surface area contributed by atoms with Crippen LogP contribution in [0.3, 0.4) is 0 Å². The number of carbonyl (C=O) groups is 2. The van der Waals surface area contributed by atoms with Gasteiger partial charge >= 0.3 is 12.1 Å².